The van der Waals surface area contributed by atoms with Gasteiger partial charge in [0.25, 0.3) is 0 Å². The average molecular weight is 320 g/mol. The van der Waals surface area contributed by atoms with Crippen molar-refractivity contribution in [1.29, 1.82) is 0 Å². The van der Waals surface area contributed by atoms with Crippen LogP contribution in [0.2, 0.25) is 5.02 Å². The molecule has 0 bridgehead atoms. The van der Waals surface area contributed by atoms with E-state index < -0.39 is 0 Å². The van der Waals surface area contributed by atoms with Crippen LogP contribution in [0.3, 0.4) is 0 Å². The molecule has 0 atom stereocenters. The Morgan fingerprint density at radius 2 is 1.71 bits per heavy atom. The molecule has 0 aliphatic carbocycles. The molecule has 108 valence electrons. The fourth-order valence-electron chi connectivity index (χ4n) is 1.64. The van der Waals surface area contributed by atoms with Crippen molar-refractivity contribution >= 4 is 40.5 Å². The van der Waals surface area contributed by atoms with Gasteiger partial charge in [0.05, 0.1) is 12.1 Å². The number of rotatable bonds is 4. The van der Waals surface area contributed by atoms with Crippen LogP contribution in [-0.2, 0) is 11.2 Å². The van der Waals surface area contributed by atoms with E-state index in [-0.39, 0.29) is 17.4 Å². The highest BCUT2D eigenvalue weighted by atomic mass is 35.5. The van der Waals surface area contributed by atoms with Gasteiger partial charge >= 0.3 is 0 Å². The highest BCUT2D eigenvalue weighted by molar-refractivity contribution is 7.80. The van der Waals surface area contributed by atoms with Crippen LogP contribution in [0.1, 0.15) is 5.56 Å². The van der Waals surface area contributed by atoms with Gasteiger partial charge in [0, 0.05) is 5.02 Å². The number of amides is 1. The van der Waals surface area contributed by atoms with E-state index >= 15 is 0 Å². The van der Waals surface area contributed by atoms with Gasteiger partial charge in [0.2, 0.25) is 5.91 Å². The Labute approximate surface area is 133 Å². The summed E-state index contributed by atoms with van der Waals surface area (Å²) in [6.07, 6.45) is 0.240. The van der Waals surface area contributed by atoms with Crippen molar-refractivity contribution in [3.8, 4) is 0 Å². The van der Waals surface area contributed by atoms with E-state index in [1.807, 2.05) is 30.3 Å². The van der Waals surface area contributed by atoms with E-state index in [9.17, 15) is 4.79 Å². The molecule has 3 N–H and O–H groups in total. The molecule has 21 heavy (non-hydrogen) atoms. The summed E-state index contributed by atoms with van der Waals surface area (Å²) in [4.78, 5) is 11.8. The van der Waals surface area contributed by atoms with Gasteiger partial charge in [0.15, 0.2) is 5.11 Å². The number of benzene rings is 2. The highest BCUT2D eigenvalue weighted by Crippen LogP contribution is 2.09. The van der Waals surface area contributed by atoms with Gasteiger partial charge in [-0.3, -0.25) is 15.6 Å². The summed E-state index contributed by atoms with van der Waals surface area (Å²) in [5.41, 5.74) is 7.38. The van der Waals surface area contributed by atoms with Crippen molar-refractivity contribution in [2.75, 3.05) is 5.43 Å². The quantitative estimate of drug-likeness (QED) is 0.599. The zero-order valence-corrected chi connectivity index (χ0v) is 12.7. The maximum atomic E-state index is 11.8. The molecule has 0 radical (unpaired) electrons. The normalized spacial score (nSPS) is 9.76. The van der Waals surface area contributed by atoms with Crippen LogP contribution in [0.25, 0.3) is 0 Å². The van der Waals surface area contributed by atoms with Gasteiger partial charge in [-0.15, -0.1) is 0 Å². The van der Waals surface area contributed by atoms with Crippen LogP contribution in [0.4, 0.5) is 5.69 Å². The van der Waals surface area contributed by atoms with Gasteiger partial charge in [-0.2, -0.15) is 0 Å². The third-order valence-corrected chi connectivity index (χ3v) is 3.08. The Hall–Kier alpha value is -2.11. The summed E-state index contributed by atoms with van der Waals surface area (Å²) in [5, 5.41) is 3.46. The SMILES string of the molecule is O=C(Cc1ccc(Cl)cc1)NC(=S)NNc1ccccc1. The van der Waals surface area contributed by atoms with Crippen molar-refractivity contribution in [2.45, 2.75) is 6.42 Å². The second-order valence-electron chi connectivity index (χ2n) is 4.30. The molecule has 1 amide bonds. The Balaban J connectivity index is 1.77. The number of para-hydroxylation sites is 1. The van der Waals surface area contributed by atoms with Crippen LogP contribution in [0.15, 0.2) is 54.6 Å². The van der Waals surface area contributed by atoms with E-state index in [0.29, 0.717) is 5.02 Å². The summed E-state index contributed by atoms with van der Waals surface area (Å²) < 4.78 is 0. The zero-order chi connectivity index (χ0) is 15.1. The predicted molar refractivity (Wildman–Crippen MR) is 89.1 cm³/mol. The minimum Gasteiger partial charge on any atom is -0.302 e. The first kappa shape index (κ1) is 15.3. The lowest BCUT2D eigenvalue weighted by atomic mass is 10.1. The van der Waals surface area contributed by atoms with E-state index in [1.54, 1.807) is 24.3 Å². The predicted octanol–water partition coefficient (Wildman–Crippen LogP) is 2.90. The summed E-state index contributed by atoms with van der Waals surface area (Å²) in [6.45, 7) is 0. The van der Waals surface area contributed by atoms with Crippen molar-refractivity contribution < 1.29 is 4.79 Å². The molecule has 2 aromatic carbocycles. The Bertz CT molecular complexity index is 617. The van der Waals surface area contributed by atoms with Crippen molar-refractivity contribution in [3.05, 3.63) is 65.2 Å². The fourth-order valence-corrected chi connectivity index (χ4v) is 1.93. The van der Waals surface area contributed by atoms with Crippen molar-refractivity contribution in [3.63, 3.8) is 0 Å². The van der Waals surface area contributed by atoms with E-state index in [1.165, 1.54) is 0 Å². The van der Waals surface area contributed by atoms with Gasteiger partial charge in [-0.25, -0.2) is 0 Å². The summed E-state index contributed by atoms with van der Waals surface area (Å²) in [5.74, 6) is -0.190. The first-order chi connectivity index (χ1) is 10.1. The maximum Gasteiger partial charge on any atom is 0.230 e. The molecular weight excluding hydrogens is 306 g/mol. The molecular formula is C15H14ClN3OS. The number of hydrazine groups is 1. The first-order valence-corrected chi connectivity index (χ1v) is 7.07. The molecule has 0 saturated heterocycles. The Morgan fingerprint density at radius 1 is 1.05 bits per heavy atom. The molecule has 0 fully saturated rings. The molecule has 2 aromatic rings. The summed E-state index contributed by atoms with van der Waals surface area (Å²) in [6, 6.07) is 16.6. The molecule has 0 aliphatic rings. The lowest BCUT2D eigenvalue weighted by Crippen LogP contribution is -2.42. The van der Waals surface area contributed by atoms with E-state index in [4.69, 9.17) is 23.8 Å². The lowest BCUT2D eigenvalue weighted by Gasteiger charge is -2.11. The molecule has 0 saturated carbocycles. The van der Waals surface area contributed by atoms with Crippen LogP contribution in [-0.4, -0.2) is 11.0 Å². The maximum absolute atomic E-state index is 11.8. The van der Waals surface area contributed by atoms with Crippen molar-refractivity contribution in [2.24, 2.45) is 0 Å². The number of nitrogens with one attached hydrogen (secondary N) is 3. The monoisotopic (exact) mass is 319 g/mol. The number of halogens is 1. The Kier molecular flexibility index (Phi) is 5.54. The molecule has 2 rings (SSSR count). The van der Waals surface area contributed by atoms with Crippen LogP contribution >= 0.6 is 23.8 Å². The number of carbonyl (C=O) groups is 1. The fraction of sp³-hybridized carbons (Fsp3) is 0.0667. The number of hydrogen-bond acceptors (Lipinski definition) is 3. The smallest absolute Gasteiger partial charge is 0.230 e. The molecule has 0 aromatic heterocycles. The average Bonchev–Trinajstić information content (AvgIpc) is 2.48. The summed E-state index contributed by atoms with van der Waals surface area (Å²) >= 11 is 10.8. The highest BCUT2D eigenvalue weighted by Gasteiger charge is 2.05. The standard InChI is InChI=1S/C15H14ClN3OS/c16-12-8-6-11(7-9-12)10-14(20)17-15(21)19-18-13-4-2-1-3-5-13/h1-9,18H,10H2,(H2,17,19,20,21). The third kappa shape index (κ3) is 5.41. The number of thiocarbonyl (C=S) groups is 1. The Morgan fingerprint density at radius 3 is 2.38 bits per heavy atom. The van der Waals surface area contributed by atoms with Gasteiger partial charge in [0.1, 0.15) is 0 Å². The molecule has 0 heterocycles. The second-order valence-corrected chi connectivity index (χ2v) is 5.14. The van der Waals surface area contributed by atoms with E-state index in [2.05, 4.69) is 16.2 Å². The molecule has 0 aliphatic heterocycles. The van der Waals surface area contributed by atoms with Crippen molar-refractivity contribution in [1.82, 2.24) is 10.7 Å². The largest absolute Gasteiger partial charge is 0.302 e. The minimum absolute atomic E-state index is 0.190. The number of anilines is 1. The minimum atomic E-state index is -0.190. The van der Waals surface area contributed by atoms with Crippen LogP contribution < -0.4 is 16.2 Å². The zero-order valence-electron chi connectivity index (χ0n) is 11.1. The first-order valence-electron chi connectivity index (χ1n) is 6.29. The molecule has 0 spiro atoms. The molecule has 0 unspecified atom stereocenters. The second kappa shape index (κ2) is 7.61. The topological polar surface area (TPSA) is 53.2 Å². The molecule has 6 heteroatoms. The summed E-state index contributed by atoms with van der Waals surface area (Å²) in [7, 11) is 0. The lowest BCUT2D eigenvalue weighted by molar-refractivity contribution is -0.119. The van der Waals surface area contributed by atoms with E-state index in [0.717, 1.165) is 11.3 Å². The molecule has 4 nitrogen and oxygen atoms in total. The number of carbonyl (C=O) groups excluding carboxylic acids is 1. The van der Waals surface area contributed by atoms with Crippen LogP contribution in [0.5, 0.6) is 0 Å². The third-order valence-electron chi connectivity index (χ3n) is 2.63. The number of hydrogen-bond donors (Lipinski definition) is 3. The van der Waals surface area contributed by atoms with Crippen LogP contribution in [0, 0.1) is 0 Å². The van der Waals surface area contributed by atoms with Gasteiger partial charge in [-0.1, -0.05) is 41.9 Å². The van der Waals surface area contributed by atoms with Gasteiger partial charge in [-0.05, 0) is 42.0 Å². The van der Waals surface area contributed by atoms with Gasteiger partial charge < -0.3 is 5.32 Å².